The van der Waals surface area contributed by atoms with Crippen LogP contribution in [0.3, 0.4) is 0 Å². The van der Waals surface area contributed by atoms with Gasteiger partial charge in [0.25, 0.3) is 11.7 Å². The molecule has 0 saturated carbocycles. The van der Waals surface area contributed by atoms with Crippen LogP contribution < -0.4 is 14.2 Å². The van der Waals surface area contributed by atoms with Crippen molar-refractivity contribution in [1.29, 1.82) is 0 Å². The highest BCUT2D eigenvalue weighted by molar-refractivity contribution is 6.46. The maximum atomic E-state index is 13.4. The Kier molecular flexibility index (Phi) is 9.48. The van der Waals surface area contributed by atoms with Crippen molar-refractivity contribution in [1.82, 2.24) is 4.90 Å². The van der Waals surface area contributed by atoms with E-state index in [1.807, 2.05) is 44.2 Å². The van der Waals surface area contributed by atoms with E-state index in [9.17, 15) is 14.7 Å². The Labute approximate surface area is 236 Å². The Hall–Kier alpha value is -4.26. The zero-order chi connectivity index (χ0) is 28.6. The molecule has 0 aromatic heterocycles. The van der Waals surface area contributed by atoms with Crippen molar-refractivity contribution < 1.29 is 28.9 Å². The number of amides is 1. The molecule has 1 aliphatic heterocycles. The molecule has 0 aliphatic carbocycles. The average Bonchev–Trinajstić information content (AvgIpc) is 3.21. The van der Waals surface area contributed by atoms with Gasteiger partial charge in [0, 0.05) is 12.1 Å². The summed E-state index contributed by atoms with van der Waals surface area (Å²) in [6, 6.07) is 20.8. The zero-order valence-corrected chi connectivity index (χ0v) is 23.6. The third kappa shape index (κ3) is 6.65. The number of unbranched alkanes of at least 4 members (excludes halogenated alkanes) is 2. The Morgan fingerprint density at radius 2 is 1.62 bits per heavy atom. The first-order valence-electron chi connectivity index (χ1n) is 13.7. The lowest BCUT2D eigenvalue weighted by molar-refractivity contribution is -0.140. The molecule has 1 unspecified atom stereocenters. The lowest BCUT2D eigenvalue weighted by Gasteiger charge is -2.26. The monoisotopic (exact) mass is 543 g/mol. The van der Waals surface area contributed by atoms with Crippen LogP contribution in [-0.4, -0.2) is 41.5 Å². The van der Waals surface area contributed by atoms with Crippen molar-refractivity contribution in [2.75, 3.05) is 13.7 Å². The van der Waals surface area contributed by atoms with E-state index in [1.165, 1.54) is 4.90 Å². The van der Waals surface area contributed by atoms with Crippen LogP contribution in [0.15, 0.2) is 78.4 Å². The van der Waals surface area contributed by atoms with Crippen molar-refractivity contribution in [2.24, 2.45) is 0 Å². The van der Waals surface area contributed by atoms with Crippen molar-refractivity contribution in [3.63, 3.8) is 0 Å². The van der Waals surface area contributed by atoms with Gasteiger partial charge in [0.15, 0.2) is 0 Å². The number of benzene rings is 3. The SMILES string of the molecule is CCCCCOc1ccc(/C(O)=C2/C(=O)C(=O)N(Cc3ccc(OC(C)C)cc3)C2c2cccc(OC)c2)cc1. The van der Waals surface area contributed by atoms with Gasteiger partial charge in [-0.3, -0.25) is 9.59 Å². The highest BCUT2D eigenvalue weighted by Gasteiger charge is 2.46. The van der Waals surface area contributed by atoms with Crippen LogP contribution in [0.5, 0.6) is 17.2 Å². The van der Waals surface area contributed by atoms with Crippen LogP contribution in [0.1, 0.15) is 62.8 Å². The number of aliphatic hydroxyl groups is 1. The van der Waals surface area contributed by atoms with Crippen molar-refractivity contribution in [2.45, 2.75) is 58.7 Å². The summed E-state index contributed by atoms with van der Waals surface area (Å²) in [5.41, 5.74) is 1.96. The van der Waals surface area contributed by atoms with Gasteiger partial charge >= 0.3 is 0 Å². The van der Waals surface area contributed by atoms with E-state index in [0.717, 1.165) is 30.6 Å². The van der Waals surface area contributed by atoms with E-state index >= 15 is 0 Å². The number of Topliss-reactive ketones (excluding diaryl/α,β-unsaturated/α-hetero) is 1. The molecule has 4 rings (SSSR count). The van der Waals surface area contributed by atoms with E-state index in [4.69, 9.17) is 14.2 Å². The molecule has 0 spiro atoms. The van der Waals surface area contributed by atoms with Crippen LogP contribution in [0, 0.1) is 0 Å². The molecule has 210 valence electrons. The fraction of sp³-hybridized carbons (Fsp3) is 0.333. The van der Waals surface area contributed by atoms with E-state index in [1.54, 1.807) is 49.6 Å². The Morgan fingerprint density at radius 1 is 0.925 bits per heavy atom. The van der Waals surface area contributed by atoms with E-state index in [-0.39, 0.29) is 24.0 Å². The van der Waals surface area contributed by atoms with E-state index in [0.29, 0.717) is 29.2 Å². The lowest BCUT2D eigenvalue weighted by Crippen LogP contribution is -2.29. The maximum Gasteiger partial charge on any atom is 0.295 e. The Morgan fingerprint density at radius 3 is 2.27 bits per heavy atom. The summed E-state index contributed by atoms with van der Waals surface area (Å²) in [7, 11) is 1.56. The van der Waals surface area contributed by atoms with Crippen molar-refractivity contribution >= 4 is 17.4 Å². The van der Waals surface area contributed by atoms with Gasteiger partial charge < -0.3 is 24.2 Å². The number of likely N-dealkylation sites (tertiary alicyclic amines) is 1. The van der Waals surface area contributed by atoms with Gasteiger partial charge in [-0.2, -0.15) is 0 Å². The molecule has 0 bridgehead atoms. The summed E-state index contributed by atoms with van der Waals surface area (Å²) < 4.78 is 16.9. The first-order valence-corrected chi connectivity index (χ1v) is 13.7. The number of nitrogens with zero attached hydrogens (tertiary/aromatic N) is 1. The first-order chi connectivity index (χ1) is 19.3. The summed E-state index contributed by atoms with van der Waals surface area (Å²) in [5.74, 6) is 0.359. The molecule has 1 fully saturated rings. The molecule has 3 aromatic rings. The Bertz CT molecular complexity index is 1340. The fourth-order valence-electron chi connectivity index (χ4n) is 4.75. The number of ketones is 1. The summed E-state index contributed by atoms with van der Waals surface area (Å²) in [4.78, 5) is 28.3. The number of hydrogen-bond acceptors (Lipinski definition) is 6. The van der Waals surface area contributed by atoms with Gasteiger partial charge in [0.2, 0.25) is 0 Å². The average molecular weight is 544 g/mol. The number of hydrogen-bond donors (Lipinski definition) is 1. The predicted octanol–water partition coefficient (Wildman–Crippen LogP) is 6.67. The second-order valence-corrected chi connectivity index (χ2v) is 10.1. The topological polar surface area (TPSA) is 85.3 Å². The minimum Gasteiger partial charge on any atom is -0.507 e. The number of carbonyl (C=O) groups is 2. The molecule has 1 heterocycles. The van der Waals surface area contributed by atoms with Crippen LogP contribution >= 0.6 is 0 Å². The molecule has 1 N–H and O–H groups in total. The molecule has 1 saturated heterocycles. The smallest absolute Gasteiger partial charge is 0.295 e. The standard InChI is InChI=1S/C33H37NO6/c1-5-6-7-19-39-26-17-13-24(14-18-26)31(35)29-30(25-9-8-10-28(20-25)38-4)34(33(37)32(29)36)21-23-11-15-27(16-12-23)40-22(2)3/h8-18,20,22,30,35H,5-7,19,21H2,1-4H3/b31-29-. The second kappa shape index (κ2) is 13.2. The summed E-state index contributed by atoms with van der Waals surface area (Å²) >= 11 is 0. The second-order valence-electron chi connectivity index (χ2n) is 10.1. The largest absolute Gasteiger partial charge is 0.507 e. The number of rotatable bonds is 12. The molecular weight excluding hydrogens is 506 g/mol. The molecular formula is C33H37NO6. The zero-order valence-electron chi connectivity index (χ0n) is 23.6. The van der Waals surface area contributed by atoms with Gasteiger partial charge in [0.05, 0.1) is 31.4 Å². The van der Waals surface area contributed by atoms with Crippen molar-refractivity contribution in [3.05, 3.63) is 95.1 Å². The van der Waals surface area contributed by atoms with Crippen LogP contribution in [0.25, 0.3) is 5.76 Å². The van der Waals surface area contributed by atoms with Gasteiger partial charge in [-0.1, -0.05) is 44.0 Å². The molecule has 1 amide bonds. The number of methoxy groups -OCH3 is 1. The highest BCUT2D eigenvalue weighted by Crippen LogP contribution is 2.41. The number of aliphatic hydroxyl groups excluding tert-OH is 1. The lowest BCUT2D eigenvalue weighted by atomic mass is 9.95. The minimum absolute atomic E-state index is 0.0367. The van der Waals surface area contributed by atoms with Crippen molar-refractivity contribution in [3.8, 4) is 17.2 Å². The van der Waals surface area contributed by atoms with Crippen LogP contribution in [-0.2, 0) is 16.1 Å². The van der Waals surface area contributed by atoms with Gasteiger partial charge in [-0.25, -0.2) is 0 Å². The molecule has 0 radical (unpaired) electrons. The van der Waals surface area contributed by atoms with Crippen LogP contribution in [0.2, 0.25) is 0 Å². The molecule has 7 nitrogen and oxygen atoms in total. The quantitative estimate of drug-likeness (QED) is 0.119. The van der Waals surface area contributed by atoms with Gasteiger partial charge in [-0.05, 0) is 79.9 Å². The van der Waals surface area contributed by atoms with E-state index < -0.39 is 17.7 Å². The predicted molar refractivity (Wildman–Crippen MR) is 155 cm³/mol. The van der Waals surface area contributed by atoms with Gasteiger partial charge in [-0.15, -0.1) is 0 Å². The molecule has 3 aromatic carbocycles. The number of ether oxygens (including phenoxy) is 3. The third-order valence-electron chi connectivity index (χ3n) is 6.74. The molecule has 40 heavy (non-hydrogen) atoms. The highest BCUT2D eigenvalue weighted by atomic mass is 16.5. The normalized spacial score (nSPS) is 16.4. The minimum atomic E-state index is -0.799. The first kappa shape index (κ1) is 28.7. The maximum absolute atomic E-state index is 13.4. The molecule has 7 heteroatoms. The molecule has 1 atom stereocenters. The summed E-state index contributed by atoms with van der Waals surface area (Å²) in [5, 5.41) is 11.4. The molecule has 1 aliphatic rings. The Balaban J connectivity index is 1.69. The summed E-state index contributed by atoms with van der Waals surface area (Å²) in [6.45, 7) is 6.84. The van der Waals surface area contributed by atoms with Crippen LogP contribution in [0.4, 0.5) is 0 Å². The van der Waals surface area contributed by atoms with Gasteiger partial charge in [0.1, 0.15) is 23.0 Å². The fourth-order valence-corrected chi connectivity index (χ4v) is 4.75. The third-order valence-corrected chi connectivity index (χ3v) is 6.74. The van der Waals surface area contributed by atoms with E-state index in [2.05, 4.69) is 6.92 Å². The summed E-state index contributed by atoms with van der Waals surface area (Å²) in [6.07, 6.45) is 3.22. The number of carbonyl (C=O) groups excluding carboxylic acids is 2.